The van der Waals surface area contributed by atoms with Crippen molar-refractivity contribution in [2.24, 2.45) is 17.8 Å². The Balaban J connectivity index is 1.99. The molecule has 0 spiro atoms. The molecule has 0 amide bonds. The maximum Gasteiger partial charge on any atom is -0.0349 e. The topological polar surface area (TPSA) is 0 Å². The van der Waals surface area contributed by atoms with Crippen LogP contribution in [-0.2, 0) is 0 Å². The average Bonchev–Trinajstić information content (AvgIpc) is 2.17. The van der Waals surface area contributed by atoms with Crippen molar-refractivity contribution >= 4 is 0 Å². The fourth-order valence-electron chi connectivity index (χ4n) is 3.36. The highest BCUT2D eigenvalue weighted by Crippen LogP contribution is 2.44. The third-order valence-electron chi connectivity index (χ3n) is 4.03. The summed E-state index contributed by atoms with van der Waals surface area (Å²) in [4.78, 5) is 0. The Morgan fingerprint density at radius 2 is 1.67 bits per heavy atom. The van der Waals surface area contributed by atoms with Crippen LogP contribution in [0.15, 0.2) is 0 Å². The van der Waals surface area contributed by atoms with Gasteiger partial charge in [0.05, 0.1) is 0 Å². The molecule has 68 valence electrons. The molecule has 0 aliphatic heterocycles. The van der Waals surface area contributed by atoms with E-state index in [-0.39, 0.29) is 0 Å². The molecule has 0 saturated heterocycles. The zero-order valence-corrected chi connectivity index (χ0v) is 7.97. The number of hydrogen-bond acceptors (Lipinski definition) is 0. The second-order valence-corrected chi connectivity index (χ2v) is 4.64. The summed E-state index contributed by atoms with van der Waals surface area (Å²) in [5, 5.41) is 0. The Bertz CT molecular complexity index is 130. The van der Waals surface area contributed by atoms with Crippen molar-refractivity contribution in [2.45, 2.75) is 51.4 Å². The summed E-state index contributed by atoms with van der Waals surface area (Å²) in [6, 6.07) is 0. The summed E-state index contributed by atoms with van der Waals surface area (Å²) >= 11 is 0. The molecule has 2 radical (unpaired) electrons. The zero-order valence-electron chi connectivity index (χ0n) is 7.97. The van der Waals surface area contributed by atoms with E-state index in [2.05, 4.69) is 0 Å². The monoisotopic (exact) mass is 164 g/mol. The van der Waals surface area contributed by atoms with Crippen LogP contribution in [0.25, 0.3) is 0 Å². The summed E-state index contributed by atoms with van der Waals surface area (Å²) in [6.45, 7) is 5.81. The lowest BCUT2D eigenvalue weighted by molar-refractivity contribution is 0.105. The molecule has 0 nitrogen and oxygen atoms in total. The normalized spacial score (nSPS) is 42.2. The van der Waals surface area contributed by atoms with Gasteiger partial charge in [0, 0.05) is 0 Å². The smallest absolute Gasteiger partial charge is 0.0349 e. The van der Waals surface area contributed by atoms with Gasteiger partial charge in [-0.2, -0.15) is 0 Å². The molecule has 3 atom stereocenters. The molecule has 0 aromatic carbocycles. The van der Waals surface area contributed by atoms with Crippen molar-refractivity contribution in [3.63, 3.8) is 0 Å². The highest BCUT2D eigenvalue weighted by molar-refractivity contribution is 4.85. The minimum Gasteiger partial charge on any atom is -0.0530 e. The molecule has 12 heavy (non-hydrogen) atoms. The van der Waals surface area contributed by atoms with Crippen molar-refractivity contribution in [3.05, 3.63) is 6.92 Å². The molecular formula is C12H20. The summed E-state index contributed by atoms with van der Waals surface area (Å²) in [7, 11) is 0. The standard InChI is InChI=1S/C12H20/c1-2-10-7-5-8-11-6-3-4-9-12(10)11/h1,10-12H,2-9H2. The number of hydrogen-bond donors (Lipinski definition) is 0. The van der Waals surface area contributed by atoms with Crippen LogP contribution >= 0.6 is 0 Å². The van der Waals surface area contributed by atoms with Crippen LogP contribution in [0.5, 0.6) is 0 Å². The van der Waals surface area contributed by atoms with Crippen molar-refractivity contribution in [2.75, 3.05) is 0 Å². The van der Waals surface area contributed by atoms with Gasteiger partial charge in [-0.1, -0.05) is 38.5 Å². The maximum atomic E-state index is 5.81. The Morgan fingerprint density at radius 1 is 0.917 bits per heavy atom. The second kappa shape index (κ2) is 3.81. The SMILES string of the molecule is [CH]CC1CCCC2CCCCC12. The molecule has 0 aromatic heterocycles. The first kappa shape index (κ1) is 8.59. The van der Waals surface area contributed by atoms with Crippen LogP contribution in [-0.4, -0.2) is 0 Å². The van der Waals surface area contributed by atoms with Gasteiger partial charge in [-0.3, -0.25) is 0 Å². The molecule has 3 unspecified atom stereocenters. The Labute approximate surface area is 76.7 Å². The number of fused-ring (bicyclic) bond motifs is 1. The first-order valence-corrected chi connectivity index (χ1v) is 5.62. The molecule has 2 aliphatic rings. The molecule has 0 aromatic rings. The molecule has 0 heteroatoms. The predicted molar refractivity (Wildman–Crippen MR) is 51.7 cm³/mol. The first-order chi connectivity index (χ1) is 5.92. The quantitative estimate of drug-likeness (QED) is 0.554. The van der Waals surface area contributed by atoms with Crippen molar-refractivity contribution in [3.8, 4) is 0 Å². The average molecular weight is 164 g/mol. The van der Waals surface area contributed by atoms with Gasteiger partial charge in [-0.25, -0.2) is 0 Å². The van der Waals surface area contributed by atoms with Gasteiger partial charge in [0.1, 0.15) is 0 Å². The van der Waals surface area contributed by atoms with E-state index >= 15 is 0 Å². The van der Waals surface area contributed by atoms with Gasteiger partial charge in [0.2, 0.25) is 0 Å². The Kier molecular flexibility index (Phi) is 2.73. The third kappa shape index (κ3) is 1.53. The summed E-state index contributed by atoms with van der Waals surface area (Å²) in [6.07, 6.45) is 11.2. The number of rotatable bonds is 1. The molecule has 2 rings (SSSR count). The van der Waals surface area contributed by atoms with Crippen LogP contribution in [0.3, 0.4) is 0 Å². The highest BCUT2D eigenvalue weighted by atomic mass is 14.4. The predicted octanol–water partition coefficient (Wildman–Crippen LogP) is 3.69. The third-order valence-corrected chi connectivity index (χ3v) is 4.03. The van der Waals surface area contributed by atoms with E-state index in [1.807, 2.05) is 0 Å². The Morgan fingerprint density at radius 3 is 2.50 bits per heavy atom. The molecule has 0 N–H and O–H groups in total. The van der Waals surface area contributed by atoms with Gasteiger partial charge >= 0.3 is 0 Å². The summed E-state index contributed by atoms with van der Waals surface area (Å²) < 4.78 is 0. The summed E-state index contributed by atoms with van der Waals surface area (Å²) in [5.41, 5.74) is 0. The molecule has 2 saturated carbocycles. The lowest BCUT2D eigenvalue weighted by atomic mass is 9.65. The van der Waals surface area contributed by atoms with Crippen LogP contribution in [0.2, 0.25) is 0 Å². The van der Waals surface area contributed by atoms with Crippen molar-refractivity contribution in [1.29, 1.82) is 0 Å². The van der Waals surface area contributed by atoms with Crippen LogP contribution in [0, 0.1) is 24.7 Å². The molecular weight excluding hydrogens is 144 g/mol. The molecule has 2 aliphatic carbocycles. The van der Waals surface area contributed by atoms with Gasteiger partial charge in [-0.05, 0) is 37.5 Å². The first-order valence-electron chi connectivity index (χ1n) is 5.62. The zero-order chi connectivity index (χ0) is 8.39. The maximum absolute atomic E-state index is 5.81. The van der Waals surface area contributed by atoms with E-state index in [0.29, 0.717) is 0 Å². The summed E-state index contributed by atoms with van der Waals surface area (Å²) in [5.74, 6) is 2.95. The van der Waals surface area contributed by atoms with Crippen LogP contribution < -0.4 is 0 Å². The highest BCUT2D eigenvalue weighted by Gasteiger charge is 2.33. The van der Waals surface area contributed by atoms with Crippen molar-refractivity contribution < 1.29 is 0 Å². The van der Waals surface area contributed by atoms with E-state index in [0.717, 1.165) is 24.2 Å². The van der Waals surface area contributed by atoms with Crippen molar-refractivity contribution in [1.82, 2.24) is 0 Å². The van der Waals surface area contributed by atoms with E-state index in [9.17, 15) is 0 Å². The van der Waals surface area contributed by atoms with Gasteiger partial charge < -0.3 is 0 Å². The van der Waals surface area contributed by atoms with Gasteiger partial charge in [0.15, 0.2) is 0 Å². The van der Waals surface area contributed by atoms with Crippen LogP contribution in [0.1, 0.15) is 51.4 Å². The Hall–Kier alpha value is 0. The minimum atomic E-state index is 0.879. The fourth-order valence-corrected chi connectivity index (χ4v) is 3.36. The molecule has 2 fully saturated rings. The van der Waals surface area contributed by atoms with E-state index in [1.165, 1.54) is 44.9 Å². The van der Waals surface area contributed by atoms with Gasteiger partial charge in [0.25, 0.3) is 0 Å². The lowest BCUT2D eigenvalue weighted by Crippen LogP contribution is -2.30. The molecule has 0 bridgehead atoms. The van der Waals surface area contributed by atoms with E-state index < -0.39 is 0 Å². The van der Waals surface area contributed by atoms with E-state index in [4.69, 9.17) is 6.92 Å². The second-order valence-electron chi connectivity index (χ2n) is 4.64. The van der Waals surface area contributed by atoms with Gasteiger partial charge in [-0.15, -0.1) is 0 Å². The largest absolute Gasteiger partial charge is 0.0530 e. The minimum absolute atomic E-state index is 0.879. The van der Waals surface area contributed by atoms with E-state index in [1.54, 1.807) is 0 Å². The lowest BCUT2D eigenvalue weighted by Gasteiger charge is -2.41. The molecule has 0 heterocycles. The fraction of sp³-hybridized carbons (Fsp3) is 0.917. The van der Waals surface area contributed by atoms with Crippen LogP contribution in [0.4, 0.5) is 0 Å².